The Kier molecular flexibility index (Phi) is 5.34. The highest BCUT2D eigenvalue weighted by Crippen LogP contribution is 2.31. The van der Waals surface area contributed by atoms with Gasteiger partial charge in [-0.1, -0.05) is 0 Å². The van der Waals surface area contributed by atoms with Crippen molar-refractivity contribution in [2.45, 2.75) is 30.9 Å². The third-order valence-electron chi connectivity index (χ3n) is 4.82. The number of anilines is 1. The quantitative estimate of drug-likeness (QED) is 0.598. The van der Waals surface area contributed by atoms with Crippen LogP contribution in [0.1, 0.15) is 19.3 Å². The summed E-state index contributed by atoms with van der Waals surface area (Å²) in [6.07, 6.45) is 1.12. The minimum Gasteiger partial charge on any atom is -0.420 e. The molecule has 0 radical (unpaired) electrons. The predicted molar refractivity (Wildman–Crippen MR) is 92.3 cm³/mol. The molecule has 146 valence electrons. The van der Waals surface area contributed by atoms with E-state index in [1.54, 1.807) is 0 Å². The number of ether oxygens (including phenoxy) is 1. The van der Waals surface area contributed by atoms with Gasteiger partial charge in [-0.05, 0) is 50.2 Å². The molecular weight excluding hydrogens is 384 g/mol. The Morgan fingerprint density at radius 2 is 1.78 bits per heavy atom. The zero-order valence-electron chi connectivity index (χ0n) is 14.2. The number of nitrogens with zero attached hydrogens (tertiary/aromatic N) is 2. The Balaban J connectivity index is 1.68. The summed E-state index contributed by atoms with van der Waals surface area (Å²) in [6, 6.07) is 4.50. The minimum absolute atomic E-state index is 0.0259. The molecule has 1 aromatic carbocycles. The summed E-state index contributed by atoms with van der Waals surface area (Å²) in [4.78, 5) is 39.3. The summed E-state index contributed by atoms with van der Waals surface area (Å²) in [5, 5.41) is 0. The number of halogens is 3. The molecule has 1 aromatic rings. The summed E-state index contributed by atoms with van der Waals surface area (Å²) < 4.78 is 29.5. The molecule has 3 rings (SSSR count). The number of carbonyl (C=O) groups is 3. The van der Waals surface area contributed by atoms with Crippen molar-refractivity contribution in [3.05, 3.63) is 24.3 Å². The number of imide groups is 1. The van der Waals surface area contributed by atoms with Gasteiger partial charge in [0.05, 0.1) is 18.2 Å². The Morgan fingerprint density at radius 1 is 1.19 bits per heavy atom. The van der Waals surface area contributed by atoms with Gasteiger partial charge in [0.15, 0.2) is 0 Å². The van der Waals surface area contributed by atoms with Crippen molar-refractivity contribution in [2.24, 2.45) is 11.7 Å². The molecule has 1 atom stereocenters. The number of rotatable bonds is 5. The van der Waals surface area contributed by atoms with Crippen LogP contribution in [0, 0.1) is 5.92 Å². The van der Waals surface area contributed by atoms with Crippen molar-refractivity contribution < 1.29 is 27.9 Å². The largest absolute Gasteiger partial charge is 0.487 e. The second kappa shape index (κ2) is 7.40. The fraction of sp³-hybridized carbons (Fsp3) is 0.471. The topological polar surface area (TPSA) is 92.9 Å². The smallest absolute Gasteiger partial charge is 0.420 e. The predicted octanol–water partition coefficient (Wildman–Crippen LogP) is 1.68. The van der Waals surface area contributed by atoms with Crippen LogP contribution in [0.3, 0.4) is 0 Å². The van der Waals surface area contributed by atoms with Crippen molar-refractivity contribution in [2.75, 3.05) is 18.0 Å². The van der Waals surface area contributed by atoms with E-state index in [1.165, 1.54) is 24.3 Å². The van der Waals surface area contributed by atoms with E-state index in [0.717, 1.165) is 4.90 Å². The van der Waals surface area contributed by atoms with Gasteiger partial charge in [0.25, 0.3) is 5.91 Å². The summed E-state index contributed by atoms with van der Waals surface area (Å²) in [7, 11) is 0. The Hall–Kier alpha value is -2.26. The zero-order chi connectivity index (χ0) is 19.8. The fourth-order valence-electron chi connectivity index (χ4n) is 3.46. The number of nitrogens with two attached hydrogens (primary N) is 1. The van der Waals surface area contributed by atoms with E-state index in [1.807, 2.05) is 4.90 Å². The summed E-state index contributed by atoms with van der Waals surface area (Å²) in [5.41, 5.74) is 1.74. The maximum Gasteiger partial charge on any atom is 0.487 e. The van der Waals surface area contributed by atoms with E-state index in [4.69, 9.17) is 17.3 Å². The lowest BCUT2D eigenvalue weighted by atomic mass is 9.95. The highest BCUT2D eigenvalue weighted by molar-refractivity contribution is 6.22. The molecule has 0 aliphatic carbocycles. The molecule has 0 bridgehead atoms. The first-order valence-electron chi connectivity index (χ1n) is 8.41. The van der Waals surface area contributed by atoms with Gasteiger partial charge in [-0.25, -0.2) is 4.90 Å². The molecule has 2 aliphatic rings. The number of hydrogen-bond donors (Lipinski definition) is 1. The van der Waals surface area contributed by atoms with Gasteiger partial charge in [0.2, 0.25) is 11.8 Å². The fourth-order valence-corrected chi connectivity index (χ4v) is 3.55. The Labute approximate surface area is 159 Å². The van der Waals surface area contributed by atoms with E-state index in [-0.39, 0.29) is 41.5 Å². The molecule has 0 spiro atoms. The van der Waals surface area contributed by atoms with Crippen LogP contribution in [0.2, 0.25) is 0 Å². The maximum atomic E-state index is 12.7. The average molecular weight is 402 g/mol. The van der Waals surface area contributed by atoms with Gasteiger partial charge in [-0.2, -0.15) is 0 Å². The minimum atomic E-state index is -3.84. The van der Waals surface area contributed by atoms with Crippen LogP contribution in [0.4, 0.5) is 14.5 Å². The van der Waals surface area contributed by atoms with Gasteiger partial charge >= 0.3 is 5.57 Å². The normalized spacial score (nSPS) is 22.3. The van der Waals surface area contributed by atoms with Gasteiger partial charge in [0, 0.05) is 17.5 Å². The second-order valence-corrected chi connectivity index (χ2v) is 6.98. The number of amides is 3. The number of primary amides is 1. The third-order valence-corrected chi connectivity index (χ3v) is 4.90. The van der Waals surface area contributed by atoms with E-state index >= 15 is 0 Å². The first kappa shape index (κ1) is 19.5. The number of likely N-dealkylation sites (tertiary alicyclic amines) is 1. The van der Waals surface area contributed by atoms with Crippen molar-refractivity contribution in [3.63, 3.8) is 0 Å². The van der Waals surface area contributed by atoms with Gasteiger partial charge < -0.3 is 10.5 Å². The Bertz CT molecular complexity index is 746. The summed E-state index contributed by atoms with van der Waals surface area (Å²) in [5.74, 6) is -1.51. The lowest BCUT2D eigenvalue weighted by Gasteiger charge is -2.33. The van der Waals surface area contributed by atoms with E-state index in [2.05, 4.69) is 4.74 Å². The number of alkyl halides is 3. The molecule has 2 saturated heterocycles. The molecule has 2 N–H and O–H groups in total. The van der Waals surface area contributed by atoms with Crippen molar-refractivity contribution in [1.82, 2.24) is 4.90 Å². The lowest BCUT2D eigenvalue weighted by molar-refractivity contribution is -0.124. The molecule has 2 fully saturated rings. The molecule has 0 unspecified atom stereocenters. The number of piperidine rings is 1. The van der Waals surface area contributed by atoms with Crippen LogP contribution in [0.15, 0.2) is 24.3 Å². The summed E-state index contributed by atoms with van der Waals surface area (Å²) in [6.45, 7) is 1.01. The number of benzene rings is 1. The van der Waals surface area contributed by atoms with Gasteiger partial charge in [-0.15, -0.1) is 8.78 Å². The standard InChI is InChI=1S/C17H18ClF2N3O4/c18-17(19,20)27-12-3-1-11(2-4-12)23-14(24)9-13(16(23)26)22-7-5-10(6-8-22)15(21)25/h1-4,10,13H,5-9H2,(H2,21,25)/t13-/m0/s1. The van der Waals surface area contributed by atoms with Crippen LogP contribution in [0.5, 0.6) is 5.75 Å². The molecule has 7 nitrogen and oxygen atoms in total. The van der Waals surface area contributed by atoms with Crippen LogP contribution in [-0.4, -0.2) is 47.3 Å². The number of hydrogen-bond acceptors (Lipinski definition) is 5. The molecule has 3 amide bonds. The van der Waals surface area contributed by atoms with Gasteiger partial charge in [-0.3, -0.25) is 19.3 Å². The van der Waals surface area contributed by atoms with Crippen molar-refractivity contribution in [1.29, 1.82) is 0 Å². The van der Waals surface area contributed by atoms with Crippen LogP contribution >= 0.6 is 11.6 Å². The first-order chi connectivity index (χ1) is 12.7. The highest BCUT2D eigenvalue weighted by Gasteiger charge is 2.43. The average Bonchev–Trinajstić information content (AvgIpc) is 2.89. The number of carbonyl (C=O) groups excluding carboxylic acids is 3. The molecule has 0 aromatic heterocycles. The summed E-state index contributed by atoms with van der Waals surface area (Å²) >= 11 is 4.71. The third kappa shape index (κ3) is 4.36. The maximum absolute atomic E-state index is 12.7. The molecule has 27 heavy (non-hydrogen) atoms. The van der Waals surface area contributed by atoms with E-state index in [9.17, 15) is 23.2 Å². The Morgan fingerprint density at radius 3 is 2.30 bits per heavy atom. The van der Waals surface area contributed by atoms with Crippen LogP contribution < -0.4 is 15.4 Å². The molecule has 2 aliphatic heterocycles. The van der Waals surface area contributed by atoms with E-state index < -0.39 is 11.6 Å². The molecular formula is C17H18ClF2N3O4. The van der Waals surface area contributed by atoms with Crippen LogP contribution in [-0.2, 0) is 14.4 Å². The molecule has 2 heterocycles. The molecule has 10 heteroatoms. The van der Waals surface area contributed by atoms with E-state index in [0.29, 0.717) is 25.9 Å². The van der Waals surface area contributed by atoms with Gasteiger partial charge in [0.1, 0.15) is 5.75 Å². The van der Waals surface area contributed by atoms with Crippen LogP contribution in [0.25, 0.3) is 0 Å². The second-order valence-electron chi connectivity index (χ2n) is 6.54. The first-order valence-corrected chi connectivity index (χ1v) is 8.79. The highest BCUT2D eigenvalue weighted by atomic mass is 35.5. The van der Waals surface area contributed by atoms with Crippen molar-refractivity contribution >= 4 is 35.0 Å². The zero-order valence-corrected chi connectivity index (χ0v) is 15.0. The molecule has 0 saturated carbocycles. The van der Waals surface area contributed by atoms with Crippen molar-refractivity contribution in [3.8, 4) is 5.75 Å². The lowest BCUT2D eigenvalue weighted by Crippen LogP contribution is -2.47. The SMILES string of the molecule is NC(=O)C1CCN([C@H]2CC(=O)N(c3ccc(OC(F)(F)Cl)cc3)C2=O)CC1. The monoisotopic (exact) mass is 401 g/mol.